The molecule has 9 heteroatoms. The Kier molecular flexibility index (Phi) is 7.30. The monoisotopic (exact) mass is 471 g/mol. The van der Waals surface area contributed by atoms with Crippen molar-refractivity contribution in [2.75, 3.05) is 13.2 Å². The highest BCUT2D eigenvalue weighted by molar-refractivity contribution is 9.10. The first-order valence-electron chi connectivity index (χ1n) is 8.63. The maximum atomic E-state index is 14.7. The quantitative estimate of drug-likeness (QED) is 0.614. The number of alkyl halides is 2. The minimum absolute atomic E-state index is 0.140. The lowest BCUT2D eigenvalue weighted by Gasteiger charge is -2.43. The molecule has 1 aromatic carbocycles. The van der Waals surface area contributed by atoms with Crippen molar-refractivity contribution in [3.05, 3.63) is 34.1 Å². The molecule has 0 aliphatic carbocycles. The fraction of sp³-hybridized carbons (Fsp3) is 0.667. The summed E-state index contributed by atoms with van der Waals surface area (Å²) in [5.74, 6) is -0.854. The van der Waals surface area contributed by atoms with Gasteiger partial charge in [-0.1, -0.05) is 15.9 Å². The zero-order valence-electron chi connectivity index (χ0n) is 15.5. The van der Waals surface area contributed by atoms with Crippen LogP contribution in [0.2, 0.25) is 0 Å². The summed E-state index contributed by atoms with van der Waals surface area (Å²) in [6, 6.07) is 3.72. The third-order valence-corrected chi connectivity index (χ3v) is 6.80. The number of benzene rings is 1. The van der Waals surface area contributed by atoms with Gasteiger partial charge in [-0.2, -0.15) is 0 Å². The summed E-state index contributed by atoms with van der Waals surface area (Å²) < 4.78 is 63.6. The molecule has 0 saturated carbocycles. The van der Waals surface area contributed by atoms with Gasteiger partial charge in [0, 0.05) is 41.0 Å². The summed E-state index contributed by atoms with van der Waals surface area (Å²) >= 11 is 1.26. The number of hydrogen-bond donors (Lipinski definition) is 2. The molecule has 0 amide bonds. The minimum atomic E-state index is -3.11. The van der Waals surface area contributed by atoms with Crippen molar-refractivity contribution in [3.63, 3.8) is 0 Å². The number of halogens is 4. The normalized spacial score (nSPS) is 21.1. The van der Waals surface area contributed by atoms with Crippen LogP contribution < -0.4 is 4.72 Å². The Labute approximate surface area is 169 Å². The summed E-state index contributed by atoms with van der Waals surface area (Å²) in [5.41, 5.74) is -4.14. The smallest absolute Gasteiger partial charge is 0.265 e. The van der Waals surface area contributed by atoms with Crippen LogP contribution in [0, 0.1) is 5.82 Å². The van der Waals surface area contributed by atoms with E-state index in [4.69, 9.17) is 4.74 Å². The summed E-state index contributed by atoms with van der Waals surface area (Å²) in [5, 5.41) is 10.9. The molecule has 154 valence electrons. The van der Waals surface area contributed by atoms with E-state index in [0.717, 1.165) is 6.07 Å². The fourth-order valence-electron chi connectivity index (χ4n) is 3.03. The van der Waals surface area contributed by atoms with Gasteiger partial charge in [0.2, 0.25) is 0 Å². The second-order valence-electron chi connectivity index (χ2n) is 7.89. The Balaban J connectivity index is 2.57. The van der Waals surface area contributed by atoms with E-state index >= 15 is 0 Å². The maximum Gasteiger partial charge on any atom is 0.265 e. The molecule has 4 nitrogen and oxygen atoms in total. The highest BCUT2D eigenvalue weighted by atomic mass is 79.9. The Morgan fingerprint density at radius 2 is 1.93 bits per heavy atom. The number of ether oxygens (including phenoxy) is 1. The number of aliphatic hydroxyl groups is 1. The van der Waals surface area contributed by atoms with Gasteiger partial charge in [0.1, 0.15) is 10.6 Å². The minimum Gasteiger partial charge on any atom is -0.598 e. The molecule has 1 heterocycles. The van der Waals surface area contributed by atoms with Gasteiger partial charge in [0.25, 0.3) is 6.43 Å². The highest BCUT2D eigenvalue weighted by Gasteiger charge is 2.54. The summed E-state index contributed by atoms with van der Waals surface area (Å²) in [4.78, 5) is 0. The Hall–Kier alpha value is -0.320. The topological polar surface area (TPSA) is 64.5 Å². The van der Waals surface area contributed by atoms with Crippen molar-refractivity contribution < 1.29 is 27.6 Å². The lowest BCUT2D eigenvalue weighted by atomic mass is 9.76. The van der Waals surface area contributed by atoms with Crippen molar-refractivity contribution >= 4 is 27.3 Å². The SMILES string of the molecule is CC(C)(C)[S+]([O-])NC(CC1(O)CCOCC1)(c1cc(Br)ccc1F)C(F)F. The molecule has 0 radical (unpaired) electrons. The summed E-state index contributed by atoms with van der Waals surface area (Å²) in [7, 11) is 0. The van der Waals surface area contributed by atoms with Crippen molar-refractivity contribution in [1.82, 2.24) is 4.72 Å². The standard InChI is InChI=1S/C18H25BrF3NO3S/c1-16(2,3)27(25)23-18(15(21)22,11-17(24)6-8-26-9-7-17)13-10-12(19)4-5-14(13)20/h4-5,10,15,23-24H,6-9,11H2,1-3H3. The van der Waals surface area contributed by atoms with Gasteiger partial charge in [-0.3, -0.25) is 0 Å². The van der Waals surface area contributed by atoms with Gasteiger partial charge in [0.15, 0.2) is 5.54 Å². The Morgan fingerprint density at radius 1 is 1.33 bits per heavy atom. The van der Waals surface area contributed by atoms with E-state index in [2.05, 4.69) is 20.7 Å². The first-order valence-corrected chi connectivity index (χ1v) is 10.6. The average molecular weight is 472 g/mol. The molecular formula is C18H25BrF3NO3S. The van der Waals surface area contributed by atoms with E-state index in [1.165, 1.54) is 12.1 Å². The average Bonchev–Trinajstić information content (AvgIpc) is 2.55. The zero-order valence-corrected chi connectivity index (χ0v) is 17.9. The molecule has 1 fully saturated rings. The van der Waals surface area contributed by atoms with Crippen molar-refractivity contribution in [1.29, 1.82) is 0 Å². The van der Waals surface area contributed by atoms with Crippen LogP contribution in [-0.2, 0) is 21.6 Å². The van der Waals surface area contributed by atoms with Gasteiger partial charge in [-0.15, -0.1) is 4.72 Å². The van der Waals surface area contributed by atoms with Crippen LogP contribution in [0.4, 0.5) is 13.2 Å². The molecule has 0 bridgehead atoms. The largest absolute Gasteiger partial charge is 0.598 e. The zero-order chi connectivity index (χ0) is 20.5. The molecule has 0 spiro atoms. The maximum absolute atomic E-state index is 14.7. The van der Waals surface area contributed by atoms with Crippen LogP contribution in [0.5, 0.6) is 0 Å². The molecular weight excluding hydrogens is 447 g/mol. The molecule has 1 aromatic rings. The van der Waals surface area contributed by atoms with E-state index < -0.39 is 45.9 Å². The predicted octanol–water partition coefficient (Wildman–Crippen LogP) is 4.03. The lowest BCUT2D eigenvalue weighted by molar-refractivity contribution is -0.101. The molecule has 0 aromatic heterocycles. The fourth-order valence-corrected chi connectivity index (χ4v) is 4.30. The molecule has 1 aliphatic heterocycles. The second kappa shape index (κ2) is 8.59. The van der Waals surface area contributed by atoms with E-state index in [1.807, 2.05) is 0 Å². The van der Waals surface area contributed by atoms with Crippen molar-refractivity contribution in [2.45, 2.75) is 62.3 Å². The van der Waals surface area contributed by atoms with Crippen LogP contribution in [0.3, 0.4) is 0 Å². The number of hydrogen-bond acceptors (Lipinski definition) is 4. The van der Waals surface area contributed by atoms with Crippen LogP contribution in [0.25, 0.3) is 0 Å². The number of nitrogens with one attached hydrogen (secondary N) is 1. The van der Waals surface area contributed by atoms with E-state index in [-0.39, 0.29) is 31.6 Å². The molecule has 2 unspecified atom stereocenters. The molecule has 2 atom stereocenters. The second-order valence-corrected chi connectivity index (χ2v) is 10.8. The van der Waals surface area contributed by atoms with Gasteiger partial charge >= 0.3 is 0 Å². The predicted molar refractivity (Wildman–Crippen MR) is 102 cm³/mol. The molecule has 2 N–H and O–H groups in total. The van der Waals surface area contributed by atoms with Crippen LogP contribution in [0.15, 0.2) is 22.7 Å². The number of rotatable bonds is 6. The van der Waals surface area contributed by atoms with E-state index in [0.29, 0.717) is 4.47 Å². The van der Waals surface area contributed by atoms with Gasteiger partial charge in [-0.25, -0.2) is 13.2 Å². The van der Waals surface area contributed by atoms with Crippen molar-refractivity contribution in [2.24, 2.45) is 0 Å². The van der Waals surface area contributed by atoms with Gasteiger partial charge in [0.05, 0.1) is 5.60 Å². The molecule has 2 rings (SSSR count). The van der Waals surface area contributed by atoms with Gasteiger partial charge in [-0.05, 0) is 51.8 Å². The highest BCUT2D eigenvalue weighted by Crippen LogP contribution is 2.43. The first-order chi connectivity index (χ1) is 12.4. The lowest BCUT2D eigenvalue weighted by Crippen LogP contribution is -2.59. The Bertz CT molecular complexity index is 653. The van der Waals surface area contributed by atoms with E-state index in [9.17, 15) is 22.8 Å². The molecule has 1 aliphatic rings. The van der Waals surface area contributed by atoms with Crippen LogP contribution >= 0.6 is 15.9 Å². The van der Waals surface area contributed by atoms with Crippen LogP contribution in [0.1, 0.15) is 45.6 Å². The van der Waals surface area contributed by atoms with Crippen molar-refractivity contribution in [3.8, 4) is 0 Å². The summed E-state index contributed by atoms with van der Waals surface area (Å²) in [6.07, 6.45) is -3.32. The third kappa shape index (κ3) is 5.39. The molecule has 27 heavy (non-hydrogen) atoms. The van der Waals surface area contributed by atoms with Crippen LogP contribution in [-0.4, -0.2) is 39.6 Å². The van der Waals surface area contributed by atoms with Gasteiger partial charge < -0.3 is 14.4 Å². The Morgan fingerprint density at radius 3 is 2.44 bits per heavy atom. The summed E-state index contributed by atoms with van der Waals surface area (Å²) in [6.45, 7) is 5.34. The van der Waals surface area contributed by atoms with E-state index in [1.54, 1.807) is 20.8 Å². The third-order valence-electron chi connectivity index (χ3n) is 4.64. The molecule has 1 saturated heterocycles. The first kappa shape index (κ1) is 23.0.